The predicted molar refractivity (Wildman–Crippen MR) is 224 cm³/mol. The molecule has 0 aliphatic carbocycles. The third kappa shape index (κ3) is 39.2. The summed E-state index contributed by atoms with van der Waals surface area (Å²) in [6, 6.07) is 0. The summed E-state index contributed by atoms with van der Waals surface area (Å²) >= 11 is 0. The summed E-state index contributed by atoms with van der Waals surface area (Å²) in [5.41, 5.74) is 0. The fourth-order valence-electron chi connectivity index (χ4n) is 5.04. The number of phosphoric ester groups is 1. The van der Waals surface area contributed by atoms with Crippen LogP contribution in [0, 0.1) is 0 Å². The van der Waals surface area contributed by atoms with Gasteiger partial charge in [0.05, 0.1) is 27.7 Å². The van der Waals surface area contributed by atoms with E-state index in [9.17, 15) is 19.0 Å². The SMILES string of the molecule is CC/C=C/C/C=C/C/C=C/C/C=C/C/C=C/C/C=C/CCC(=O)OC[C@@H](COP(=O)(O)OCC[N+](C)(C)C)OC(=O)CCCCCCCCCCCCC. The summed E-state index contributed by atoms with van der Waals surface area (Å²) in [6.45, 7) is 4.19. The minimum atomic E-state index is -4.39. The summed E-state index contributed by atoms with van der Waals surface area (Å²) in [5, 5.41) is 0. The molecular weight excluding hydrogens is 701 g/mol. The number of likely N-dealkylation sites (N-methyl/N-ethyl adjacent to an activating group) is 1. The number of carbonyl (C=O) groups is 2. The Morgan fingerprint density at radius 1 is 0.593 bits per heavy atom. The van der Waals surface area contributed by atoms with E-state index in [0.29, 0.717) is 23.9 Å². The first-order valence-corrected chi connectivity index (χ1v) is 22.2. The largest absolute Gasteiger partial charge is 0.472 e. The predicted octanol–water partition coefficient (Wildman–Crippen LogP) is 11.5. The highest BCUT2D eigenvalue weighted by Gasteiger charge is 2.27. The number of carbonyl (C=O) groups excluding carboxylic acids is 2. The van der Waals surface area contributed by atoms with Crippen LogP contribution in [0.2, 0.25) is 0 Å². The van der Waals surface area contributed by atoms with Crippen LogP contribution in [0.25, 0.3) is 0 Å². The van der Waals surface area contributed by atoms with Gasteiger partial charge in [-0.25, -0.2) is 4.57 Å². The lowest BCUT2D eigenvalue weighted by Crippen LogP contribution is -2.37. The fourth-order valence-corrected chi connectivity index (χ4v) is 5.78. The Morgan fingerprint density at radius 3 is 1.54 bits per heavy atom. The minimum Gasteiger partial charge on any atom is -0.462 e. The molecule has 0 saturated carbocycles. The monoisotopic (exact) mass is 779 g/mol. The average molecular weight is 779 g/mol. The van der Waals surface area contributed by atoms with Crippen molar-refractivity contribution in [3.8, 4) is 0 Å². The quantitative estimate of drug-likeness (QED) is 0.0220. The zero-order valence-corrected chi connectivity index (χ0v) is 35.6. The van der Waals surface area contributed by atoms with Crippen LogP contribution in [-0.2, 0) is 32.7 Å². The van der Waals surface area contributed by atoms with Gasteiger partial charge in [-0.1, -0.05) is 151 Å². The number of unbranched alkanes of at least 4 members (excludes halogenated alkanes) is 10. The second-order valence-corrected chi connectivity index (χ2v) is 16.1. The van der Waals surface area contributed by atoms with E-state index in [-0.39, 0.29) is 26.1 Å². The summed E-state index contributed by atoms with van der Waals surface area (Å²) in [4.78, 5) is 35.2. The van der Waals surface area contributed by atoms with E-state index >= 15 is 0 Å². The van der Waals surface area contributed by atoms with E-state index in [1.165, 1.54) is 44.9 Å². The molecular formula is C44H77NO8P+. The molecule has 0 spiro atoms. The van der Waals surface area contributed by atoms with Crippen LogP contribution in [0.3, 0.4) is 0 Å². The van der Waals surface area contributed by atoms with Crippen molar-refractivity contribution < 1.29 is 42.1 Å². The Labute approximate surface area is 329 Å². The molecule has 2 atom stereocenters. The molecule has 1 N–H and O–H groups in total. The molecule has 54 heavy (non-hydrogen) atoms. The number of rotatable bonds is 36. The second kappa shape index (κ2) is 36.1. The first kappa shape index (κ1) is 51.5. The van der Waals surface area contributed by atoms with E-state index in [1.807, 2.05) is 33.3 Å². The lowest BCUT2D eigenvalue weighted by Gasteiger charge is -2.24. The van der Waals surface area contributed by atoms with Crippen molar-refractivity contribution in [1.29, 1.82) is 0 Å². The lowest BCUT2D eigenvalue weighted by atomic mass is 10.1. The molecule has 10 heteroatoms. The van der Waals surface area contributed by atoms with Gasteiger partial charge in [0.15, 0.2) is 6.10 Å². The van der Waals surface area contributed by atoms with Crippen molar-refractivity contribution >= 4 is 19.8 Å². The maximum Gasteiger partial charge on any atom is 0.472 e. The molecule has 0 fully saturated rings. The fraction of sp³-hybridized carbons (Fsp3) is 0.682. The van der Waals surface area contributed by atoms with Crippen molar-refractivity contribution in [2.45, 2.75) is 148 Å². The molecule has 0 aliphatic heterocycles. The Hall–Kier alpha value is -2.55. The van der Waals surface area contributed by atoms with Gasteiger partial charge in [0.1, 0.15) is 19.8 Å². The molecule has 0 rings (SSSR count). The highest BCUT2D eigenvalue weighted by Crippen LogP contribution is 2.43. The standard InChI is InChI=1S/C44H76NO8P/c1-6-8-10-12-14-16-18-19-20-21-22-23-24-25-27-28-30-32-34-36-43(46)50-40-42(41-52-54(48,49)51-39-38-45(3,4)5)53-44(47)37-35-33-31-29-26-17-15-13-11-9-7-2/h8,10,14,16,19-20,22-23,25,27,30,32,42H,6-7,9,11-13,15,17-18,21,24,26,28-29,31,33-41H2,1-5H3/p+1/b10-8+,16-14+,20-19+,23-22+,27-25+,32-30+/t42-/m0/s1. The molecule has 0 amide bonds. The number of hydrogen-bond acceptors (Lipinski definition) is 7. The summed E-state index contributed by atoms with van der Waals surface area (Å²) in [7, 11) is 1.43. The van der Waals surface area contributed by atoms with Gasteiger partial charge >= 0.3 is 19.8 Å². The Balaban J connectivity index is 4.51. The molecule has 0 aromatic rings. The molecule has 0 aromatic heterocycles. The average Bonchev–Trinajstić information content (AvgIpc) is 3.12. The van der Waals surface area contributed by atoms with Crippen molar-refractivity contribution in [1.82, 2.24) is 0 Å². The van der Waals surface area contributed by atoms with Gasteiger partial charge in [0, 0.05) is 12.8 Å². The van der Waals surface area contributed by atoms with Crippen molar-refractivity contribution in [2.24, 2.45) is 0 Å². The van der Waals surface area contributed by atoms with Crippen molar-refractivity contribution in [2.75, 3.05) is 47.5 Å². The van der Waals surface area contributed by atoms with Crippen molar-refractivity contribution in [3.63, 3.8) is 0 Å². The van der Waals surface area contributed by atoms with Gasteiger partial charge in [-0.05, 0) is 51.4 Å². The first-order valence-electron chi connectivity index (χ1n) is 20.7. The highest BCUT2D eigenvalue weighted by molar-refractivity contribution is 7.47. The van der Waals surface area contributed by atoms with Gasteiger partial charge in [0.2, 0.25) is 0 Å². The van der Waals surface area contributed by atoms with Gasteiger partial charge in [-0.3, -0.25) is 18.6 Å². The smallest absolute Gasteiger partial charge is 0.462 e. The van der Waals surface area contributed by atoms with E-state index in [4.69, 9.17) is 18.5 Å². The van der Waals surface area contributed by atoms with Crippen molar-refractivity contribution in [3.05, 3.63) is 72.9 Å². The van der Waals surface area contributed by atoms with Gasteiger partial charge in [0.25, 0.3) is 0 Å². The van der Waals surface area contributed by atoms with E-state index < -0.39 is 32.5 Å². The minimum absolute atomic E-state index is 0.0180. The first-order chi connectivity index (χ1) is 26.0. The van der Waals surface area contributed by atoms with Gasteiger partial charge in [-0.15, -0.1) is 0 Å². The van der Waals surface area contributed by atoms with Crippen LogP contribution in [-0.4, -0.2) is 74.9 Å². The molecule has 0 aromatic carbocycles. The number of esters is 2. The molecule has 0 aliphatic rings. The zero-order valence-electron chi connectivity index (χ0n) is 34.7. The van der Waals surface area contributed by atoms with Crippen LogP contribution in [0.15, 0.2) is 72.9 Å². The third-order valence-corrected chi connectivity index (χ3v) is 9.25. The zero-order chi connectivity index (χ0) is 40.0. The van der Waals surface area contributed by atoms with Crippen LogP contribution >= 0.6 is 7.82 Å². The Bertz CT molecular complexity index is 1150. The summed E-state index contributed by atoms with van der Waals surface area (Å²) in [5.74, 6) is -0.903. The summed E-state index contributed by atoms with van der Waals surface area (Å²) in [6.07, 6.45) is 43.9. The van der Waals surface area contributed by atoms with Gasteiger partial charge in [-0.2, -0.15) is 0 Å². The molecule has 0 bridgehead atoms. The maximum atomic E-state index is 12.6. The number of phosphoric acid groups is 1. The summed E-state index contributed by atoms with van der Waals surface area (Å²) < 4.78 is 34.1. The molecule has 1 unspecified atom stereocenters. The van der Waals surface area contributed by atoms with Crippen LogP contribution < -0.4 is 0 Å². The number of allylic oxidation sites excluding steroid dienone is 12. The third-order valence-electron chi connectivity index (χ3n) is 8.26. The van der Waals surface area contributed by atoms with Crippen LogP contribution in [0.1, 0.15) is 142 Å². The van der Waals surface area contributed by atoms with Gasteiger partial charge < -0.3 is 18.9 Å². The van der Waals surface area contributed by atoms with E-state index in [2.05, 4.69) is 74.6 Å². The Kier molecular flexibility index (Phi) is 34.4. The number of hydrogen-bond donors (Lipinski definition) is 1. The van der Waals surface area contributed by atoms with E-state index in [1.54, 1.807) is 0 Å². The molecule has 0 saturated heterocycles. The molecule has 9 nitrogen and oxygen atoms in total. The molecule has 0 heterocycles. The lowest BCUT2D eigenvalue weighted by molar-refractivity contribution is -0.870. The Morgan fingerprint density at radius 2 is 1.06 bits per heavy atom. The number of quaternary nitrogens is 1. The molecule has 0 radical (unpaired) electrons. The van der Waals surface area contributed by atoms with Crippen LogP contribution in [0.5, 0.6) is 0 Å². The maximum absolute atomic E-state index is 12.6. The normalized spacial score (nSPS) is 14.4. The number of nitrogens with zero attached hydrogens (tertiary/aromatic N) is 1. The second-order valence-electron chi connectivity index (χ2n) is 14.6. The van der Waals surface area contributed by atoms with Crippen LogP contribution in [0.4, 0.5) is 0 Å². The number of ether oxygens (including phenoxy) is 2. The molecule has 310 valence electrons. The highest BCUT2D eigenvalue weighted by atomic mass is 31.2. The topological polar surface area (TPSA) is 108 Å². The van der Waals surface area contributed by atoms with E-state index in [0.717, 1.165) is 57.8 Å².